The van der Waals surface area contributed by atoms with Gasteiger partial charge in [0.1, 0.15) is 17.6 Å². The Bertz CT molecular complexity index is 799. The van der Waals surface area contributed by atoms with Crippen LogP contribution in [-0.2, 0) is 0 Å². The lowest BCUT2D eigenvalue weighted by Gasteiger charge is -2.32. The van der Waals surface area contributed by atoms with E-state index in [0.717, 1.165) is 24.1 Å². The number of aryl methyl sites for hydroxylation is 1. The number of aromatic nitrogens is 2. The van der Waals surface area contributed by atoms with Crippen LogP contribution in [0.25, 0.3) is 0 Å². The highest BCUT2D eigenvalue weighted by Crippen LogP contribution is 2.24. The first kappa shape index (κ1) is 18.1. The molecule has 7 nitrogen and oxygen atoms in total. The molecule has 26 heavy (non-hydrogen) atoms. The van der Waals surface area contributed by atoms with Gasteiger partial charge in [-0.1, -0.05) is 12.1 Å². The average molecular weight is 358 g/mol. The van der Waals surface area contributed by atoms with Crippen molar-refractivity contribution in [1.82, 2.24) is 9.97 Å². The molecule has 1 saturated carbocycles. The maximum atomic E-state index is 13.8. The molecule has 0 aliphatic heterocycles. The zero-order valence-electron chi connectivity index (χ0n) is 14.6. The van der Waals surface area contributed by atoms with Crippen molar-refractivity contribution in [2.75, 3.05) is 10.6 Å². The molecule has 1 heterocycles. The SMILES string of the molecule is Cc1cccc(Nc2nc(NC3CCCC(F)C3N)ncc2C(N)=O)c1. The van der Waals surface area contributed by atoms with E-state index >= 15 is 0 Å². The first-order chi connectivity index (χ1) is 12.4. The van der Waals surface area contributed by atoms with Gasteiger partial charge in [0.15, 0.2) is 0 Å². The fraction of sp³-hybridized carbons (Fsp3) is 0.389. The van der Waals surface area contributed by atoms with Crippen LogP contribution in [0.3, 0.4) is 0 Å². The van der Waals surface area contributed by atoms with E-state index in [1.165, 1.54) is 6.20 Å². The van der Waals surface area contributed by atoms with Crippen LogP contribution in [0.2, 0.25) is 0 Å². The molecule has 3 rings (SSSR count). The number of carbonyl (C=O) groups is 1. The number of nitrogens with one attached hydrogen (secondary N) is 2. The number of amides is 1. The molecule has 3 atom stereocenters. The number of anilines is 3. The van der Waals surface area contributed by atoms with Gasteiger partial charge in [0, 0.05) is 17.9 Å². The number of alkyl halides is 1. The number of nitrogens with zero attached hydrogens (tertiary/aromatic N) is 2. The summed E-state index contributed by atoms with van der Waals surface area (Å²) in [5.41, 5.74) is 13.4. The molecule has 1 aromatic heterocycles. The van der Waals surface area contributed by atoms with Gasteiger partial charge in [-0.05, 0) is 43.9 Å². The first-order valence-electron chi connectivity index (χ1n) is 8.61. The summed E-state index contributed by atoms with van der Waals surface area (Å²) in [6.07, 6.45) is 2.28. The molecule has 0 bridgehead atoms. The van der Waals surface area contributed by atoms with Crippen LogP contribution in [0.1, 0.15) is 35.2 Å². The Morgan fingerprint density at radius 1 is 1.35 bits per heavy atom. The van der Waals surface area contributed by atoms with Gasteiger partial charge >= 0.3 is 0 Å². The van der Waals surface area contributed by atoms with Crippen LogP contribution in [0.4, 0.5) is 21.8 Å². The Morgan fingerprint density at radius 2 is 2.15 bits per heavy atom. The molecule has 1 fully saturated rings. The number of nitrogens with two attached hydrogens (primary N) is 2. The summed E-state index contributed by atoms with van der Waals surface area (Å²) in [6.45, 7) is 1.96. The maximum absolute atomic E-state index is 13.8. The molecule has 3 unspecified atom stereocenters. The number of primary amides is 1. The van der Waals surface area contributed by atoms with Gasteiger partial charge < -0.3 is 22.1 Å². The molecule has 0 radical (unpaired) electrons. The Labute approximate surface area is 151 Å². The van der Waals surface area contributed by atoms with Crippen LogP contribution in [0.5, 0.6) is 0 Å². The van der Waals surface area contributed by atoms with Gasteiger partial charge in [-0.3, -0.25) is 4.79 Å². The van der Waals surface area contributed by atoms with Crippen molar-refractivity contribution in [2.24, 2.45) is 11.5 Å². The number of hydrogen-bond donors (Lipinski definition) is 4. The number of carbonyl (C=O) groups excluding carboxylic acids is 1. The predicted molar refractivity (Wildman–Crippen MR) is 99.1 cm³/mol. The number of benzene rings is 1. The average Bonchev–Trinajstić information content (AvgIpc) is 2.59. The monoisotopic (exact) mass is 358 g/mol. The van der Waals surface area contributed by atoms with Crippen LogP contribution in [-0.4, -0.2) is 34.1 Å². The second-order valence-electron chi connectivity index (χ2n) is 6.59. The van der Waals surface area contributed by atoms with Crippen LogP contribution < -0.4 is 22.1 Å². The predicted octanol–water partition coefficient (Wildman–Crippen LogP) is 2.26. The molecule has 2 aromatic rings. The quantitative estimate of drug-likeness (QED) is 0.651. The van der Waals surface area contributed by atoms with Crippen molar-refractivity contribution >= 4 is 23.4 Å². The number of hydrogen-bond acceptors (Lipinski definition) is 6. The minimum absolute atomic E-state index is 0.174. The molecular formula is C18H23FN6O. The highest BCUT2D eigenvalue weighted by atomic mass is 19.1. The van der Waals surface area contributed by atoms with Gasteiger partial charge in [-0.2, -0.15) is 4.98 Å². The topological polar surface area (TPSA) is 119 Å². The molecule has 1 aliphatic rings. The Kier molecular flexibility index (Phi) is 5.32. The Hall–Kier alpha value is -2.74. The molecule has 138 valence electrons. The second-order valence-corrected chi connectivity index (χ2v) is 6.59. The molecule has 0 saturated heterocycles. The highest BCUT2D eigenvalue weighted by Gasteiger charge is 2.31. The van der Waals surface area contributed by atoms with Gasteiger partial charge in [0.2, 0.25) is 5.95 Å². The molecule has 6 N–H and O–H groups in total. The summed E-state index contributed by atoms with van der Waals surface area (Å²) in [5, 5.41) is 6.18. The molecule has 0 spiro atoms. The van der Waals surface area contributed by atoms with Crippen LogP contribution in [0, 0.1) is 6.92 Å². The highest BCUT2D eigenvalue weighted by molar-refractivity contribution is 5.98. The third-order valence-electron chi connectivity index (χ3n) is 4.53. The van der Waals surface area contributed by atoms with E-state index in [-0.39, 0.29) is 17.6 Å². The minimum atomic E-state index is -1.05. The zero-order chi connectivity index (χ0) is 18.7. The van der Waals surface area contributed by atoms with E-state index in [4.69, 9.17) is 11.5 Å². The largest absolute Gasteiger partial charge is 0.365 e. The smallest absolute Gasteiger partial charge is 0.254 e. The van der Waals surface area contributed by atoms with E-state index in [0.29, 0.717) is 12.2 Å². The Balaban J connectivity index is 1.85. The maximum Gasteiger partial charge on any atom is 0.254 e. The standard InChI is InChI=1S/C18H23FN6O/c1-10-4-2-5-11(8-10)23-17-12(16(21)26)9-22-18(25-17)24-14-7-3-6-13(19)15(14)20/h2,4-5,8-9,13-15H,3,6-7,20H2,1H3,(H2,21,26)(H2,22,23,24,25). The Morgan fingerprint density at radius 3 is 2.88 bits per heavy atom. The van der Waals surface area contributed by atoms with Crippen molar-refractivity contribution in [1.29, 1.82) is 0 Å². The van der Waals surface area contributed by atoms with E-state index in [1.54, 1.807) is 0 Å². The second kappa shape index (κ2) is 7.65. The molecular weight excluding hydrogens is 335 g/mol. The lowest BCUT2D eigenvalue weighted by molar-refractivity contribution is 0.100. The molecule has 1 amide bonds. The third-order valence-corrected chi connectivity index (χ3v) is 4.53. The van der Waals surface area contributed by atoms with Gasteiger partial charge in [0.25, 0.3) is 5.91 Å². The fourth-order valence-corrected chi connectivity index (χ4v) is 3.09. The zero-order valence-corrected chi connectivity index (χ0v) is 14.6. The normalized spacial score (nSPS) is 22.7. The van der Waals surface area contributed by atoms with Crippen molar-refractivity contribution in [3.05, 3.63) is 41.6 Å². The van der Waals surface area contributed by atoms with Crippen molar-refractivity contribution in [2.45, 2.75) is 44.4 Å². The molecule has 1 aromatic carbocycles. The first-order valence-corrected chi connectivity index (χ1v) is 8.61. The van der Waals surface area contributed by atoms with Gasteiger partial charge in [-0.25, -0.2) is 9.37 Å². The van der Waals surface area contributed by atoms with E-state index < -0.39 is 18.1 Å². The van der Waals surface area contributed by atoms with Crippen molar-refractivity contribution in [3.63, 3.8) is 0 Å². The van der Waals surface area contributed by atoms with Crippen LogP contribution in [0.15, 0.2) is 30.5 Å². The summed E-state index contributed by atoms with van der Waals surface area (Å²) in [6, 6.07) is 6.76. The summed E-state index contributed by atoms with van der Waals surface area (Å²) in [5.74, 6) is -0.0635. The van der Waals surface area contributed by atoms with Crippen molar-refractivity contribution in [3.8, 4) is 0 Å². The molecule has 1 aliphatic carbocycles. The molecule has 8 heteroatoms. The lowest BCUT2D eigenvalue weighted by Crippen LogP contribution is -2.49. The fourth-order valence-electron chi connectivity index (χ4n) is 3.09. The third kappa shape index (κ3) is 4.08. The number of halogens is 1. The van der Waals surface area contributed by atoms with E-state index in [2.05, 4.69) is 20.6 Å². The summed E-state index contributed by atoms with van der Waals surface area (Å²) >= 11 is 0. The lowest BCUT2D eigenvalue weighted by atomic mass is 9.89. The summed E-state index contributed by atoms with van der Waals surface area (Å²) in [7, 11) is 0. The van der Waals surface area contributed by atoms with Gasteiger partial charge in [0.05, 0.1) is 6.04 Å². The minimum Gasteiger partial charge on any atom is -0.365 e. The summed E-state index contributed by atoms with van der Waals surface area (Å²) in [4.78, 5) is 20.2. The van der Waals surface area contributed by atoms with Crippen LogP contribution >= 0.6 is 0 Å². The van der Waals surface area contributed by atoms with Gasteiger partial charge in [-0.15, -0.1) is 0 Å². The van der Waals surface area contributed by atoms with E-state index in [1.807, 2.05) is 31.2 Å². The summed E-state index contributed by atoms with van der Waals surface area (Å²) < 4.78 is 13.8. The van der Waals surface area contributed by atoms with E-state index in [9.17, 15) is 9.18 Å². The van der Waals surface area contributed by atoms with Crippen molar-refractivity contribution < 1.29 is 9.18 Å². The number of rotatable bonds is 5.